The van der Waals surface area contributed by atoms with E-state index in [9.17, 15) is 30.3 Å². The van der Waals surface area contributed by atoms with Crippen molar-refractivity contribution in [2.45, 2.75) is 50.7 Å². The molecule has 0 radical (unpaired) electrons. The number of benzene rings is 2. The molecule has 5 atom stereocenters. The zero-order valence-corrected chi connectivity index (χ0v) is 21.5. The Bertz CT molecular complexity index is 1260. The highest BCUT2D eigenvalue weighted by Gasteiger charge is 2.57. The Labute approximate surface area is 220 Å². The highest BCUT2D eigenvalue weighted by atomic mass is 16.7. The average molecular weight is 531 g/mol. The van der Waals surface area contributed by atoms with Gasteiger partial charge in [0.1, 0.15) is 23.7 Å². The van der Waals surface area contributed by atoms with Crippen LogP contribution in [0.15, 0.2) is 48.7 Å². The molecule has 11 heteroatoms. The maximum absolute atomic E-state index is 13.4. The van der Waals surface area contributed by atoms with Crippen LogP contribution in [0.25, 0.3) is 10.9 Å². The Kier molecular flexibility index (Phi) is 8.26. The molecule has 1 aromatic heterocycles. The van der Waals surface area contributed by atoms with Gasteiger partial charge in [-0.1, -0.05) is 18.2 Å². The predicted molar refractivity (Wildman–Crippen MR) is 137 cm³/mol. The van der Waals surface area contributed by atoms with E-state index in [1.165, 1.54) is 10.6 Å². The molecule has 0 aliphatic carbocycles. The summed E-state index contributed by atoms with van der Waals surface area (Å²) in [6, 6.07) is 12.0. The third-order valence-electron chi connectivity index (χ3n) is 6.90. The van der Waals surface area contributed by atoms with Crippen LogP contribution in [0.3, 0.4) is 0 Å². The Morgan fingerprint density at radius 2 is 1.79 bits per heavy atom. The van der Waals surface area contributed by atoms with Gasteiger partial charge in [-0.05, 0) is 55.7 Å². The van der Waals surface area contributed by atoms with Crippen LogP contribution < -0.4 is 9.47 Å². The third kappa shape index (κ3) is 4.96. The molecule has 3 aromatic rings. The molecule has 2 heterocycles. The lowest BCUT2D eigenvalue weighted by atomic mass is 9.95. The molecule has 0 bridgehead atoms. The molecule has 1 aliphatic rings. The molecule has 0 saturated carbocycles. The van der Waals surface area contributed by atoms with Crippen LogP contribution >= 0.6 is 0 Å². The van der Waals surface area contributed by atoms with Crippen LogP contribution in [0, 0.1) is 0 Å². The fraction of sp³-hybridized carbons (Fsp3) is 0.444. The van der Waals surface area contributed by atoms with Crippen molar-refractivity contribution in [2.75, 3.05) is 26.8 Å². The van der Waals surface area contributed by atoms with E-state index in [1.54, 1.807) is 30.3 Å². The molecule has 1 fully saturated rings. The van der Waals surface area contributed by atoms with Crippen LogP contribution in [-0.2, 0) is 11.2 Å². The van der Waals surface area contributed by atoms with E-state index in [0.717, 1.165) is 5.56 Å². The molecule has 1 amide bonds. The summed E-state index contributed by atoms with van der Waals surface area (Å²) in [7, 11) is 1.58. The highest BCUT2D eigenvalue weighted by molar-refractivity contribution is 5.97. The van der Waals surface area contributed by atoms with Gasteiger partial charge in [0, 0.05) is 24.7 Å². The molecule has 4 rings (SSSR count). The maximum Gasteiger partial charge on any atom is 0.328 e. The predicted octanol–water partition coefficient (Wildman–Crippen LogP) is 1.05. The van der Waals surface area contributed by atoms with Gasteiger partial charge in [0.15, 0.2) is 6.10 Å². The normalized spacial score (nSPS) is 25.4. The first-order valence-electron chi connectivity index (χ1n) is 12.4. The van der Waals surface area contributed by atoms with Gasteiger partial charge in [-0.2, -0.15) is 0 Å². The highest BCUT2D eigenvalue weighted by Crippen LogP contribution is 2.38. The quantitative estimate of drug-likeness (QED) is 0.269. The van der Waals surface area contributed by atoms with Crippen LogP contribution in [0.1, 0.15) is 25.0 Å². The Hall–Kier alpha value is -3.19. The number of carbonyl (C=O) groups is 1. The van der Waals surface area contributed by atoms with Gasteiger partial charge in [-0.3, -0.25) is 4.57 Å². The molecule has 11 nitrogen and oxygen atoms in total. The van der Waals surface area contributed by atoms with Crippen LogP contribution in [0.4, 0.5) is 4.79 Å². The number of ether oxygens (including phenoxy) is 3. The topological polar surface area (TPSA) is 154 Å². The summed E-state index contributed by atoms with van der Waals surface area (Å²) in [5.41, 5.74) is 2.08. The first-order valence-corrected chi connectivity index (χ1v) is 12.4. The van der Waals surface area contributed by atoms with Crippen molar-refractivity contribution in [3.8, 4) is 11.5 Å². The summed E-state index contributed by atoms with van der Waals surface area (Å²) >= 11 is 0. The number of amides is 1. The SMILES string of the molecule is CCN(CC)C(=O)n1cc(Cc2ccc(OC)cc2)c2c(O[C@]3(O)[C@H](O)O[C@H](CO)[C@@H](O)[C@@H]3O)cccc21. The first kappa shape index (κ1) is 27.8. The second-order valence-corrected chi connectivity index (χ2v) is 9.15. The molecule has 0 spiro atoms. The van der Waals surface area contributed by atoms with Crippen molar-refractivity contribution in [3.63, 3.8) is 0 Å². The van der Waals surface area contributed by atoms with Crippen LogP contribution in [0.2, 0.25) is 0 Å². The molecule has 1 aliphatic heterocycles. The number of rotatable bonds is 8. The molecule has 38 heavy (non-hydrogen) atoms. The van der Waals surface area contributed by atoms with Crippen molar-refractivity contribution < 1.29 is 44.5 Å². The van der Waals surface area contributed by atoms with E-state index < -0.39 is 37.0 Å². The fourth-order valence-corrected chi connectivity index (χ4v) is 4.70. The summed E-state index contributed by atoms with van der Waals surface area (Å²) in [6.45, 7) is 4.07. The number of aromatic nitrogens is 1. The second-order valence-electron chi connectivity index (χ2n) is 9.15. The van der Waals surface area contributed by atoms with E-state index in [-0.39, 0.29) is 11.8 Å². The number of nitrogens with zero attached hydrogens (tertiary/aromatic N) is 2. The van der Waals surface area contributed by atoms with Gasteiger partial charge >= 0.3 is 6.03 Å². The lowest BCUT2D eigenvalue weighted by molar-refractivity contribution is -0.385. The fourth-order valence-electron chi connectivity index (χ4n) is 4.70. The molecule has 206 valence electrons. The average Bonchev–Trinajstić information content (AvgIpc) is 3.30. The number of hydrogen-bond donors (Lipinski definition) is 5. The van der Waals surface area contributed by atoms with Gasteiger partial charge < -0.3 is 44.6 Å². The monoisotopic (exact) mass is 530 g/mol. The van der Waals surface area contributed by atoms with Crippen molar-refractivity contribution in [2.24, 2.45) is 0 Å². The second kappa shape index (κ2) is 11.3. The zero-order chi connectivity index (χ0) is 27.6. The Morgan fingerprint density at radius 3 is 2.39 bits per heavy atom. The summed E-state index contributed by atoms with van der Waals surface area (Å²) in [5.74, 6) is -2.02. The molecule has 5 N–H and O–H groups in total. The molecular weight excluding hydrogens is 496 g/mol. The van der Waals surface area contributed by atoms with Gasteiger partial charge in [-0.15, -0.1) is 0 Å². The van der Waals surface area contributed by atoms with E-state index in [1.807, 2.05) is 38.1 Å². The minimum absolute atomic E-state index is 0.0518. The van der Waals surface area contributed by atoms with Crippen LogP contribution in [0.5, 0.6) is 11.5 Å². The third-order valence-corrected chi connectivity index (χ3v) is 6.90. The van der Waals surface area contributed by atoms with E-state index in [2.05, 4.69) is 0 Å². The van der Waals surface area contributed by atoms with E-state index in [4.69, 9.17) is 14.2 Å². The van der Waals surface area contributed by atoms with Crippen LogP contribution in [-0.4, -0.2) is 98.2 Å². The largest absolute Gasteiger partial charge is 0.497 e. The van der Waals surface area contributed by atoms with E-state index >= 15 is 0 Å². The first-order chi connectivity index (χ1) is 18.2. The number of methoxy groups -OCH3 is 1. The van der Waals surface area contributed by atoms with Crippen molar-refractivity contribution in [1.82, 2.24) is 9.47 Å². The molecule has 0 unspecified atom stereocenters. The van der Waals surface area contributed by atoms with Gasteiger partial charge in [-0.25, -0.2) is 4.79 Å². The van der Waals surface area contributed by atoms with Crippen molar-refractivity contribution >= 4 is 16.9 Å². The summed E-state index contributed by atoms with van der Waals surface area (Å²) < 4.78 is 17.6. The smallest absolute Gasteiger partial charge is 0.328 e. The lowest BCUT2D eigenvalue weighted by Crippen LogP contribution is -2.69. The van der Waals surface area contributed by atoms with Crippen molar-refractivity contribution in [1.29, 1.82) is 0 Å². The summed E-state index contributed by atoms with van der Waals surface area (Å²) in [4.78, 5) is 15.0. The minimum atomic E-state index is -2.76. The Balaban J connectivity index is 1.82. The number of aliphatic hydroxyl groups excluding tert-OH is 4. The lowest BCUT2D eigenvalue weighted by Gasteiger charge is -2.45. The minimum Gasteiger partial charge on any atom is -0.497 e. The number of carbonyl (C=O) groups excluding carboxylic acids is 1. The summed E-state index contributed by atoms with van der Waals surface area (Å²) in [5, 5.41) is 52.4. The molecule has 2 aromatic carbocycles. The molecule has 1 saturated heterocycles. The van der Waals surface area contributed by atoms with Gasteiger partial charge in [0.25, 0.3) is 5.79 Å². The number of aliphatic hydroxyl groups is 5. The standard InChI is InChI=1S/C27H34N2O9/c1-4-28(5-2)26(34)29-14-17(13-16-9-11-18(36-3)12-10-16)22-19(29)7-6-8-20(22)38-27(35)24(32)23(31)21(15-30)37-25(27)33/h6-12,14,21,23-25,30-33,35H,4-5,13,15H2,1-3H3/t21-,23-,24+,25-,27+/m1/s1. The van der Waals surface area contributed by atoms with Gasteiger partial charge in [0.05, 0.1) is 19.2 Å². The Morgan fingerprint density at radius 1 is 1.11 bits per heavy atom. The zero-order valence-electron chi connectivity index (χ0n) is 21.5. The number of fused-ring (bicyclic) bond motifs is 1. The van der Waals surface area contributed by atoms with Gasteiger partial charge in [0.2, 0.25) is 6.29 Å². The van der Waals surface area contributed by atoms with E-state index in [0.29, 0.717) is 41.7 Å². The molecular formula is C27H34N2O9. The van der Waals surface area contributed by atoms with Crippen molar-refractivity contribution in [3.05, 3.63) is 59.8 Å². The summed E-state index contributed by atoms with van der Waals surface area (Å²) in [6.07, 6.45) is -5.07. The maximum atomic E-state index is 13.4. The number of hydrogen-bond acceptors (Lipinski definition) is 9.